The third-order valence-corrected chi connectivity index (χ3v) is 5.00. The van der Waals surface area contributed by atoms with Gasteiger partial charge in [-0.25, -0.2) is 0 Å². The third kappa shape index (κ3) is 2.20. The van der Waals surface area contributed by atoms with Crippen LogP contribution in [0.3, 0.4) is 0 Å². The van der Waals surface area contributed by atoms with E-state index in [4.69, 9.17) is 18.9 Å². The molecule has 0 radical (unpaired) electrons. The highest BCUT2D eigenvalue weighted by atomic mass is 16.7. The first-order valence-corrected chi connectivity index (χ1v) is 6.83. The van der Waals surface area contributed by atoms with Crippen LogP contribution in [0.2, 0.25) is 0 Å². The van der Waals surface area contributed by atoms with Gasteiger partial charge in [-0.1, -0.05) is 0 Å². The van der Waals surface area contributed by atoms with Gasteiger partial charge < -0.3 is 18.9 Å². The fourth-order valence-electron chi connectivity index (χ4n) is 4.29. The quantitative estimate of drug-likeness (QED) is 0.686. The van der Waals surface area contributed by atoms with E-state index in [0.717, 1.165) is 18.8 Å². The molecule has 2 rings (SSSR count). The molecule has 4 nitrogen and oxygen atoms in total. The molecule has 0 heterocycles. The van der Waals surface area contributed by atoms with Gasteiger partial charge in [0, 0.05) is 39.8 Å². The van der Waals surface area contributed by atoms with Crippen molar-refractivity contribution in [2.75, 3.05) is 28.4 Å². The van der Waals surface area contributed by atoms with E-state index >= 15 is 0 Å². The SMILES string of the molecule is COC(OC)[C@@H]1CCC2CC[C@@]1(C(OC)OC)C2. The van der Waals surface area contributed by atoms with Crippen LogP contribution < -0.4 is 0 Å². The molecule has 2 bridgehead atoms. The van der Waals surface area contributed by atoms with Gasteiger partial charge in [-0.3, -0.25) is 0 Å². The maximum atomic E-state index is 5.60. The van der Waals surface area contributed by atoms with Crippen LogP contribution in [0.15, 0.2) is 0 Å². The van der Waals surface area contributed by atoms with Crippen LogP contribution in [0, 0.1) is 17.3 Å². The summed E-state index contributed by atoms with van der Waals surface area (Å²) in [6.45, 7) is 0. The Morgan fingerprint density at radius 1 is 0.889 bits per heavy atom. The first-order chi connectivity index (χ1) is 8.71. The zero-order valence-electron chi connectivity index (χ0n) is 12.0. The molecule has 2 saturated carbocycles. The van der Waals surface area contributed by atoms with Crippen molar-refractivity contribution in [3.8, 4) is 0 Å². The Balaban J connectivity index is 2.25. The summed E-state index contributed by atoms with van der Waals surface area (Å²) in [5.41, 5.74) is 0.0586. The number of methoxy groups -OCH3 is 4. The average molecular weight is 258 g/mol. The molecular weight excluding hydrogens is 232 g/mol. The molecule has 0 saturated heterocycles. The van der Waals surface area contributed by atoms with Crippen molar-refractivity contribution in [2.24, 2.45) is 17.3 Å². The summed E-state index contributed by atoms with van der Waals surface area (Å²) in [6, 6.07) is 0. The van der Waals surface area contributed by atoms with Crippen LogP contribution in [-0.4, -0.2) is 41.0 Å². The van der Waals surface area contributed by atoms with Gasteiger partial charge in [-0.2, -0.15) is 0 Å². The second-order valence-electron chi connectivity index (χ2n) is 5.67. The van der Waals surface area contributed by atoms with E-state index in [-0.39, 0.29) is 18.0 Å². The predicted octanol–water partition coefficient (Wildman–Crippen LogP) is 2.42. The normalized spacial score (nSPS) is 35.7. The van der Waals surface area contributed by atoms with Crippen molar-refractivity contribution in [2.45, 2.75) is 44.7 Å². The molecule has 0 aliphatic heterocycles. The van der Waals surface area contributed by atoms with E-state index in [1.165, 1.54) is 19.3 Å². The smallest absolute Gasteiger partial charge is 0.162 e. The van der Waals surface area contributed by atoms with Gasteiger partial charge in [0.05, 0.1) is 0 Å². The summed E-state index contributed by atoms with van der Waals surface area (Å²) in [5.74, 6) is 1.18. The Bertz CT molecular complexity index is 261. The lowest BCUT2D eigenvalue weighted by molar-refractivity contribution is -0.248. The molecule has 0 amide bonds. The molecule has 0 spiro atoms. The molecule has 3 atom stereocenters. The van der Waals surface area contributed by atoms with Crippen LogP contribution in [0.25, 0.3) is 0 Å². The standard InChI is InChI=1S/C14H26O4/c1-15-12(16-2)11-6-5-10-7-8-14(11,9-10)13(17-3)18-4/h10-13H,5-9H2,1-4H3/t10?,11-,14+/m0/s1. The van der Waals surface area contributed by atoms with Crippen LogP contribution >= 0.6 is 0 Å². The van der Waals surface area contributed by atoms with Gasteiger partial charge in [-0.05, 0) is 38.0 Å². The monoisotopic (exact) mass is 258 g/mol. The fourth-order valence-corrected chi connectivity index (χ4v) is 4.29. The van der Waals surface area contributed by atoms with Crippen molar-refractivity contribution in [1.82, 2.24) is 0 Å². The minimum absolute atomic E-state index is 0.0586. The second kappa shape index (κ2) is 5.87. The van der Waals surface area contributed by atoms with Gasteiger partial charge in [-0.15, -0.1) is 0 Å². The van der Waals surface area contributed by atoms with Crippen molar-refractivity contribution in [3.63, 3.8) is 0 Å². The number of hydrogen-bond donors (Lipinski definition) is 0. The van der Waals surface area contributed by atoms with E-state index in [9.17, 15) is 0 Å². The summed E-state index contributed by atoms with van der Waals surface area (Å²) in [7, 11) is 6.90. The highest BCUT2D eigenvalue weighted by Crippen LogP contribution is 2.58. The van der Waals surface area contributed by atoms with Gasteiger partial charge >= 0.3 is 0 Å². The van der Waals surface area contributed by atoms with Crippen LogP contribution in [0.1, 0.15) is 32.1 Å². The minimum Gasteiger partial charge on any atom is -0.356 e. The molecule has 1 unspecified atom stereocenters. The Morgan fingerprint density at radius 3 is 2.11 bits per heavy atom. The van der Waals surface area contributed by atoms with Gasteiger partial charge in [0.15, 0.2) is 12.6 Å². The van der Waals surface area contributed by atoms with Crippen molar-refractivity contribution in [3.05, 3.63) is 0 Å². The molecule has 0 aromatic carbocycles. The Hall–Kier alpha value is -0.160. The maximum Gasteiger partial charge on any atom is 0.162 e. The molecule has 18 heavy (non-hydrogen) atoms. The maximum absolute atomic E-state index is 5.60. The number of fused-ring (bicyclic) bond motifs is 2. The molecule has 2 aliphatic rings. The fraction of sp³-hybridized carbons (Fsp3) is 1.00. The molecular formula is C14H26O4. The molecule has 4 heteroatoms. The van der Waals surface area contributed by atoms with Gasteiger partial charge in [0.25, 0.3) is 0 Å². The number of hydrogen-bond acceptors (Lipinski definition) is 4. The van der Waals surface area contributed by atoms with E-state index in [1.807, 2.05) is 0 Å². The summed E-state index contributed by atoms with van der Waals surface area (Å²) in [5, 5.41) is 0. The summed E-state index contributed by atoms with van der Waals surface area (Å²) in [6.07, 6.45) is 5.71. The van der Waals surface area contributed by atoms with Crippen LogP contribution in [0.4, 0.5) is 0 Å². The first kappa shape index (κ1) is 14.3. The van der Waals surface area contributed by atoms with E-state index in [1.54, 1.807) is 28.4 Å². The summed E-state index contributed by atoms with van der Waals surface area (Å²) < 4.78 is 22.2. The Kier molecular flexibility index (Phi) is 4.64. The van der Waals surface area contributed by atoms with Crippen molar-refractivity contribution in [1.29, 1.82) is 0 Å². The first-order valence-electron chi connectivity index (χ1n) is 6.83. The zero-order valence-corrected chi connectivity index (χ0v) is 12.0. The lowest BCUT2D eigenvalue weighted by atomic mass is 9.66. The summed E-state index contributed by atoms with van der Waals surface area (Å²) in [4.78, 5) is 0. The van der Waals surface area contributed by atoms with Gasteiger partial charge in [0.2, 0.25) is 0 Å². The van der Waals surface area contributed by atoms with E-state index in [0.29, 0.717) is 5.92 Å². The second-order valence-corrected chi connectivity index (χ2v) is 5.67. The molecule has 2 aliphatic carbocycles. The predicted molar refractivity (Wildman–Crippen MR) is 68.1 cm³/mol. The number of ether oxygens (including phenoxy) is 4. The Morgan fingerprint density at radius 2 is 1.56 bits per heavy atom. The third-order valence-electron chi connectivity index (χ3n) is 5.00. The number of rotatable bonds is 6. The van der Waals surface area contributed by atoms with Gasteiger partial charge in [0.1, 0.15) is 0 Å². The van der Waals surface area contributed by atoms with Crippen molar-refractivity contribution >= 4 is 0 Å². The van der Waals surface area contributed by atoms with Crippen LogP contribution in [0.5, 0.6) is 0 Å². The lowest BCUT2D eigenvalue weighted by Gasteiger charge is -2.47. The molecule has 0 aromatic heterocycles. The van der Waals surface area contributed by atoms with Crippen molar-refractivity contribution < 1.29 is 18.9 Å². The summed E-state index contributed by atoms with van der Waals surface area (Å²) >= 11 is 0. The topological polar surface area (TPSA) is 36.9 Å². The average Bonchev–Trinajstić information content (AvgIpc) is 2.74. The highest BCUT2D eigenvalue weighted by Gasteiger charge is 2.56. The molecule has 106 valence electrons. The molecule has 0 N–H and O–H groups in total. The molecule has 0 aromatic rings. The van der Waals surface area contributed by atoms with E-state index < -0.39 is 0 Å². The minimum atomic E-state index is -0.156. The Labute approximate surface area is 110 Å². The lowest BCUT2D eigenvalue weighted by Crippen LogP contribution is -2.49. The van der Waals surface area contributed by atoms with Crippen LogP contribution in [-0.2, 0) is 18.9 Å². The largest absolute Gasteiger partial charge is 0.356 e. The van der Waals surface area contributed by atoms with E-state index in [2.05, 4.69) is 0 Å². The molecule has 2 fully saturated rings. The zero-order chi connectivity index (χ0) is 13.2. The highest BCUT2D eigenvalue weighted by molar-refractivity contribution is 5.01.